The quantitative estimate of drug-likeness (QED) is 0.676. The van der Waals surface area contributed by atoms with Crippen LogP contribution in [0.1, 0.15) is 37.9 Å². The average molecular weight is 326 g/mol. The van der Waals surface area contributed by atoms with Crippen molar-refractivity contribution in [2.75, 3.05) is 17.7 Å². The minimum absolute atomic E-state index is 0.455. The molecule has 2 aromatic heterocycles. The van der Waals surface area contributed by atoms with Gasteiger partial charge in [-0.1, -0.05) is 25.6 Å². The Hall–Kier alpha value is -1.01. The number of halogens is 1. The summed E-state index contributed by atoms with van der Waals surface area (Å²) < 4.78 is 1.85. The first-order valence-electron chi connectivity index (χ1n) is 7.44. The molecule has 0 saturated carbocycles. The molecule has 0 saturated heterocycles. The van der Waals surface area contributed by atoms with Gasteiger partial charge in [-0.2, -0.15) is 9.50 Å². The summed E-state index contributed by atoms with van der Waals surface area (Å²) in [5, 5.41) is 9.27. The van der Waals surface area contributed by atoms with Crippen molar-refractivity contribution in [1.29, 1.82) is 0 Å². The lowest BCUT2D eigenvalue weighted by Gasteiger charge is -2.19. The lowest BCUT2D eigenvalue weighted by atomic mass is 9.96. The minimum atomic E-state index is 0.455. The standard InChI is InChI=1S/C14H20ClN5S/c1-9(2)21-14-18-13-17-11-6-4-3-5-10(11)12(16-8-7-15)20(13)19-14/h9,16H,3-8H2,1-2H3. The van der Waals surface area contributed by atoms with E-state index in [0.717, 1.165) is 30.4 Å². The molecule has 0 spiro atoms. The molecule has 0 unspecified atom stereocenters. The van der Waals surface area contributed by atoms with E-state index >= 15 is 0 Å². The van der Waals surface area contributed by atoms with Crippen molar-refractivity contribution in [3.63, 3.8) is 0 Å². The van der Waals surface area contributed by atoms with Gasteiger partial charge >= 0.3 is 0 Å². The lowest BCUT2D eigenvalue weighted by Crippen LogP contribution is -2.16. The maximum atomic E-state index is 5.83. The smallest absolute Gasteiger partial charge is 0.255 e. The number of hydrogen-bond acceptors (Lipinski definition) is 5. The molecule has 0 atom stereocenters. The number of alkyl halides is 1. The lowest BCUT2D eigenvalue weighted by molar-refractivity contribution is 0.660. The molecule has 7 heteroatoms. The van der Waals surface area contributed by atoms with Crippen LogP contribution in [0.5, 0.6) is 0 Å². The second-order valence-electron chi connectivity index (χ2n) is 5.48. The summed E-state index contributed by atoms with van der Waals surface area (Å²) in [7, 11) is 0. The largest absolute Gasteiger partial charge is 0.368 e. The van der Waals surface area contributed by atoms with Crippen LogP contribution < -0.4 is 5.32 Å². The zero-order valence-electron chi connectivity index (χ0n) is 12.4. The van der Waals surface area contributed by atoms with E-state index < -0.39 is 0 Å². The van der Waals surface area contributed by atoms with E-state index in [1.165, 1.54) is 24.1 Å². The fourth-order valence-electron chi connectivity index (χ4n) is 2.63. The first kappa shape index (κ1) is 14.9. The zero-order valence-corrected chi connectivity index (χ0v) is 14.0. The van der Waals surface area contributed by atoms with E-state index in [0.29, 0.717) is 16.9 Å². The number of fused-ring (bicyclic) bond motifs is 2. The number of thioether (sulfide) groups is 1. The molecule has 3 rings (SSSR count). The number of aryl methyl sites for hydroxylation is 1. The van der Waals surface area contributed by atoms with Crippen molar-refractivity contribution in [1.82, 2.24) is 19.6 Å². The van der Waals surface area contributed by atoms with E-state index in [4.69, 9.17) is 16.6 Å². The Morgan fingerprint density at radius 2 is 2.10 bits per heavy atom. The summed E-state index contributed by atoms with van der Waals surface area (Å²) in [5.41, 5.74) is 2.45. The van der Waals surface area contributed by atoms with E-state index in [2.05, 4.69) is 29.2 Å². The van der Waals surface area contributed by atoms with Gasteiger partial charge in [-0.3, -0.25) is 0 Å². The third kappa shape index (κ3) is 3.11. The molecular weight excluding hydrogens is 306 g/mol. The van der Waals surface area contributed by atoms with Crippen molar-refractivity contribution in [2.45, 2.75) is 49.9 Å². The van der Waals surface area contributed by atoms with Gasteiger partial charge in [-0.25, -0.2) is 4.98 Å². The van der Waals surface area contributed by atoms with Crippen molar-refractivity contribution >= 4 is 35.0 Å². The zero-order chi connectivity index (χ0) is 14.8. The highest BCUT2D eigenvalue weighted by atomic mass is 35.5. The summed E-state index contributed by atoms with van der Waals surface area (Å²) in [6.45, 7) is 5.00. The molecule has 114 valence electrons. The van der Waals surface area contributed by atoms with Gasteiger partial charge in [0, 0.05) is 23.2 Å². The second kappa shape index (κ2) is 6.40. The van der Waals surface area contributed by atoms with Crippen LogP contribution in [0.25, 0.3) is 5.78 Å². The first-order chi connectivity index (χ1) is 10.2. The maximum Gasteiger partial charge on any atom is 0.255 e. The Kier molecular flexibility index (Phi) is 4.54. The third-order valence-electron chi connectivity index (χ3n) is 3.47. The van der Waals surface area contributed by atoms with Crippen LogP contribution in [0.15, 0.2) is 5.16 Å². The van der Waals surface area contributed by atoms with Crippen molar-refractivity contribution in [3.8, 4) is 0 Å². The van der Waals surface area contributed by atoms with E-state index in [1.54, 1.807) is 11.8 Å². The maximum absolute atomic E-state index is 5.83. The predicted molar refractivity (Wildman–Crippen MR) is 87.6 cm³/mol. The summed E-state index contributed by atoms with van der Waals surface area (Å²) in [6.07, 6.45) is 4.49. The predicted octanol–water partition coefficient (Wildman–Crippen LogP) is 3.15. The first-order valence-corrected chi connectivity index (χ1v) is 8.85. The number of rotatable bonds is 5. The van der Waals surface area contributed by atoms with E-state index in [-0.39, 0.29) is 0 Å². The molecule has 2 heterocycles. The topological polar surface area (TPSA) is 55.1 Å². The molecule has 0 aliphatic heterocycles. The van der Waals surface area contributed by atoms with Crippen LogP contribution >= 0.6 is 23.4 Å². The summed E-state index contributed by atoms with van der Waals surface area (Å²) in [4.78, 5) is 9.28. The minimum Gasteiger partial charge on any atom is -0.368 e. The molecule has 0 aromatic carbocycles. The monoisotopic (exact) mass is 325 g/mol. The molecule has 1 N–H and O–H groups in total. The highest BCUT2D eigenvalue weighted by Gasteiger charge is 2.20. The van der Waals surface area contributed by atoms with Gasteiger partial charge in [0.1, 0.15) is 5.82 Å². The normalized spacial score (nSPS) is 14.7. The summed E-state index contributed by atoms with van der Waals surface area (Å²) >= 11 is 7.49. The fourth-order valence-corrected chi connectivity index (χ4v) is 3.41. The average Bonchev–Trinajstić information content (AvgIpc) is 2.84. The molecule has 0 radical (unpaired) electrons. The third-order valence-corrected chi connectivity index (χ3v) is 4.51. The Morgan fingerprint density at radius 3 is 2.86 bits per heavy atom. The van der Waals surface area contributed by atoms with Crippen LogP contribution in [0.4, 0.5) is 5.82 Å². The van der Waals surface area contributed by atoms with Crippen molar-refractivity contribution in [2.24, 2.45) is 0 Å². The van der Waals surface area contributed by atoms with E-state index in [1.807, 2.05) is 4.52 Å². The van der Waals surface area contributed by atoms with Crippen LogP contribution in [0.2, 0.25) is 0 Å². The highest BCUT2D eigenvalue weighted by Crippen LogP contribution is 2.28. The van der Waals surface area contributed by atoms with Gasteiger partial charge in [-0.15, -0.1) is 16.7 Å². The van der Waals surface area contributed by atoms with Gasteiger partial charge in [0.25, 0.3) is 5.78 Å². The Balaban J connectivity index is 2.09. The number of hydrogen-bond donors (Lipinski definition) is 1. The van der Waals surface area contributed by atoms with Gasteiger partial charge in [0.05, 0.1) is 5.69 Å². The van der Waals surface area contributed by atoms with Crippen LogP contribution in [-0.4, -0.2) is 37.3 Å². The van der Waals surface area contributed by atoms with E-state index in [9.17, 15) is 0 Å². The SMILES string of the molecule is CC(C)Sc1nc2nc3c(c(NCCCl)n2n1)CCCC3. The fraction of sp³-hybridized carbons (Fsp3) is 0.643. The van der Waals surface area contributed by atoms with Gasteiger partial charge in [0.2, 0.25) is 5.16 Å². The Morgan fingerprint density at radius 1 is 1.29 bits per heavy atom. The molecule has 0 fully saturated rings. The summed E-state index contributed by atoms with van der Waals surface area (Å²) in [5.74, 6) is 2.29. The number of nitrogens with one attached hydrogen (secondary N) is 1. The number of anilines is 1. The molecular formula is C14H20ClN5S. The Labute approximate surface area is 133 Å². The second-order valence-corrected chi connectivity index (χ2v) is 7.40. The molecule has 2 aromatic rings. The van der Waals surface area contributed by atoms with Gasteiger partial charge in [-0.05, 0) is 25.7 Å². The van der Waals surface area contributed by atoms with Crippen molar-refractivity contribution < 1.29 is 0 Å². The van der Waals surface area contributed by atoms with Crippen molar-refractivity contribution in [3.05, 3.63) is 11.3 Å². The number of aromatic nitrogens is 4. The summed E-state index contributed by atoms with van der Waals surface area (Å²) in [6, 6.07) is 0. The number of nitrogens with zero attached hydrogens (tertiary/aromatic N) is 4. The van der Waals surface area contributed by atoms with Gasteiger partial charge in [0.15, 0.2) is 0 Å². The molecule has 1 aliphatic rings. The van der Waals surface area contributed by atoms with Crippen LogP contribution in [0, 0.1) is 0 Å². The molecule has 0 bridgehead atoms. The van der Waals surface area contributed by atoms with Crippen LogP contribution in [0.3, 0.4) is 0 Å². The molecule has 0 amide bonds. The van der Waals surface area contributed by atoms with Crippen LogP contribution in [-0.2, 0) is 12.8 Å². The highest BCUT2D eigenvalue weighted by molar-refractivity contribution is 7.99. The molecule has 21 heavy (non-hydrogen) atoms. The molecule has 1 aliphatic carbocycles. The molecule has 5 nitrogen and oxygen atoms in total. The Bertz CT molecular complexity index is 640. The van der Waals surface area contributed by atoms with Gasteiger partial charge < -0.3 is 5.32 Å².